The highest BCUT2D eigenvalue weighted by Crippen LogP contribution is 2.22. The van der Waals surface area contributed by atoms with Crippen LogP contribution in [-0.2, 0) is 81.6 Å². The Labute approximate surface area is 562 Å². The van der Waals surface area contributed by atoms with Gasteiger partial charge in [0.1, 0.15) is 66.2 Å². The van der Waals surface area contributed by atoms with Crippen LogP contribution in [0.1, 0.15) is 82.4 Å². The highest BCUT2D eigenvalue weighted by Gasteiger charge is 2.41. The molecule has 0 spiro atoms. The number of hydrogen-bond acceptors (Lipinski definition) is 19. The number of H-pyrrole nitrogens is 1. The predicted octanol–water partition coefficient (Wildman–Crippen LogP) is -3.43. The number of benzene rings is 3. The number of phenols is 1. The largest absolute Gasteiger partial charge is 0.508 e. The Kier molecular flexibility index (Phi) is 30.7. The first-order chi connectivity index (χ1) is 46.0. The zero-order valence-electron chi connectivity index (χ0n) is 54.0. The maximum Gasteiger partial charge on any atom is 0.326 e. The number of nitrogens with two attached hydrogens (primary N) is 2. The minimum absolute atomic E-state index is 0.0225. The van der Waals surface area contributed by atoms with Crippen molar-refractivity contribution in [2.45, 2.75) is 158 Å². The molecule has 3 aromatic carbocycles. The number of fused-ring (bicyclic) bond motifs is 1. The number of primary amides is 1. The fourth-order valence-electron chi connectivity index (χ4n) is 10.6. The third-order valence-electron chi connectivity index (χ3n) is 15.8. The number of aromatic hydroxyl groups is 1. The van der Waals surface area contributed by atoms with Crippen molar-refractivity contribution >= 4 is 99.6 Å². The number of hydrogen-bond donors (Lipinski definition) is 18. The van der Waals surface area contributed by atoms with Crippen LogP contribution < -0.4 is 59.3 Å². The van der Waals surface area contributed by atoms with Crippen molar-refractivity contribution in [3.05, 3.63) is 102 Å². The maximum atomic E-state index is 14.6. The number of para-hydroxylation sites is 1. The van der Waals surface area contributed by atoms with Crippen LogP contribution in [0.4, 0.5) is 0 Å². The van der Waals surface area contributed by atoms with Crippen molar-refractivity contribution in [3.63, 3.8) is 0 Å². The van der Waals surface area contributed by atoms with Gasteiger partial charge in [-0.3, -0.25) is 57.5 Å². The summed E-state index contributed by atoms with van der Waals surface area (Å²) in [5, 5.41) is 83.5. The molecule has 12 atom stereocenters. The second kappa shape index (κ2) is 38.1. The van der Waals surface area contributed by atoms with Crippen molar-refractivity contribution in [2.24, 2.45) is 17.4 Å². The molecule has 0 unspecified atom stereocenters. The number of aliphatic hydroxyl groups excluding tert-OH is 3. The summed E-state index contributed by atoms with van der Waals surface area (Å²) >= 11 is 1.25. The lowest BCUT2D eigenvalue weighted by Crippen LogP contribution is -2.62. The molecule has 11 amide bonds. The molecule has 0 radical (unpaired) electrons. The molecule has 1 aromatic heterocycles. The first-order valence-electron chi connectivity index (χ1n) is 31.3. The number of likely N-dealkylation sites (tertiary alicyclic amines) is 1. The second-order valence-corrected chi connectivity index (χ2v) is 24.8. The molecule has 528 valence electrons. The van der Waals surface area contributed by atoms with Gasteiger partial charge in [-0.25, -0.2) is 4.79 Å². The van der Waals surface area contributed by atoms with Crippen LogP contribution in [0.2, 0.25) is 0 Å². The van der Waals surface area contributed by atoms with Crippen LogP contribution in [-0.4, -0.2) is 222 Å². The lowest BCUT2D eigenvalue weighted by atomic mass is 10.0. The fraction of sp³-hybridized carbons (Fsp3) is 0.484. The van der Waals surface area contributed by atoms with Gasteiger partial charge in [0, 0.05) is 42.9 Å². The first kappa shape index (κ1) is 78.0. The number of nitrogens with zero attached hydrogens (tertiary/aromatic N) is 1. The van der Waals surface area contributed by atoms with E-state index in [-0.39, 0.29) is 68.9 Å². The van der Waals surface area contributed by atoms with Crippen molar-refractivity contribution < 1.29 is 93.0 Å². The van der Waals surface area contributed by atoms with Crippen LogP contribution in [0.3, 0.4) is 0 Å². The molecule has 97 heavy (non-hydrogen) atoms. The third kappa shape index (κ3) is 24.2. The fourth-order valence-corrected chi connectivity index (χ4v) is 11.1. The number of amides is 11. The topological polar surface area (TPSA) is 523 Å². The monoisotopic (exact) mass is 1370 g/mol. The molecule has 33 heteroatoms. The number of carboxylic acids is 2. The van der Waals surface area contributed by atoms with E-state index in [1.165, 1.54) is 36.0 Å². The standard InChI is InChI=1S/C64H87N13O19S/c1-33(2)25-47(64(95)96)73-58(89)46(29-51(66)82)72-55(86)42(20-21-52(83)84)68-57(88)45(28-37-30-67-41-14-9-8-13-39(37)41)71-56(87)43(22-24-97-4)69-60(91)48(31-78)74-61(92)50-15-10-23-77(50)63(94)49(32-79)75-62(93)53(34(3)80)76-59(90)44(27-36-16-18-38(81)19-17-36)70-54(85)40(65)26-35-11-6-5-7-12-35/h5-9,11-14,16-19,30,33-34,40,42-50,53,67,78-81H,10,15,20-29,31-32,65H2,1-4H3,(H2,66,82)(H,68,88)(H,69,91)(H,70,85)(H,71,87)(H,72,86)(H,73,89)(H,74,92)(H,75,93)(H,76,90)(H,83,84)(H,95,96)/t34-,40+,42+,43+,44+,45+,46+,47+,48+,49+,50+,53+/m1/s1. The average Bonchev–Trinajstić information content (AvgIpc) is 1.76. The van der Waals surface area contributed by atoms with Gasteiger partial charge in [0.25, 0.3) is 0 Å². The van der Waals surface area contributed by atoms with Crippen molar-refractivity contribution in [1.82, 2.24) is 57.7 Å². The van der Waals surface area contributed by atoms with Crippen LogP contribution in [0.15, 0.2) is 85.1 Å². The molecule has 1 saturated heterocycles. The number of carboxylic acid groups (broad SMARTS) is 2. The molecule has 4 aromatic rings. The van der Waals surface area contributed by atoms with E-state index in [9.17, 15) is 93.0 Å². The molecule has 32 nitrogen and oxygen atoms in total. The minimum atomic E-state index is -1.81. The maximum absolute atomic E-state index is 14.6. The predicted molar refractivity (Wildman–Crippen MR) is 351 cm³/mol. The normalized spacial score (nSPS) is 16.2. The van der Waals surface area contributed by atoms with E-state index < -0.39 is 182 Å². The van der Waals surface area contributed by atoms with Crippen LogP contribution in [0.25, 0.3) is 10.9 Å². The highest BCUT2D eigenvalue weighted by atomic mass is 32.2. The quantitative estimate of drug-likeness (QED) is 0.0207. The summed E-state index contributed by atoms with van der Waals surface area (Å²) < 4.78 is 0. The van der Waals surface area contributed by atoms with Gasteiger partial charge < -0.3 is 99.8 Å². The summed E-state index contributed by atoms with van der Waals surface area (Å²) in [4.78, 5) is 180. The Morgan fingerprint density at radius 2 is 1.12 bits per heavy atom. The SMILES string of the molecule is CSCC[C@H](NC(=O)[C@H](CO)NC(=O)[C@@H]1CCCN1C(=O)[C@H](CO)NC(=O)[C@@H](NC(=O)[C@H](Cc1ccc(O)cc1)NC(=O)[C@@H](N)Cc1ccccc1)[C@@H](C)O)C(=O)N[C@@H](Cc1c[nH]c2ccccc12)C(=O)N[C@@H](CCC(=O)O)C(=O)N[C@@H](CC(N)=O)C(=O)N[C@@H](CC(C)C)C(=O)O. The highest BCUT2D eigenvalue weighted by molar-refractivity contribution is 7.98. The Balaban J connectivity index is 1.31. The number of aliphatic carboxylic acids is 2. The van der Waals surface area contributed by atoms with Gasteiger partial charge in [-0.1, -0.05) is 74.5 Å². The summed E-state index contributed by atoms with van der Waals surface area (Å²) in [6.07, 6.45) is -0.998. The number of carbonyl (C=O) groups is 13. The number of nitrogens with one attached hydrogen (secondary N) is 10. The van der Waals surface area contributed by atoms with E-state index in [4.69, 9.17) is 11.5 Å². The van der Waals surface area contributed by atoms with E-state index in [2.05, 4.69) is 52.8 Å². The minimum Gasteiger partial charge on any atom is -0.508 e. The third-order valence-corrected chi connectivity index (χ3v) is 16.4. The van der Waals surface area contributed by atoms with E-state index >= 15 is 0 Å². The van der Waals surface area contributed by atoms with Gasteiger partial charge in [0.05, 0.1) is 31.8 Å². The number of phenolic OH excluding ortho intramolecular Hbond substituents is 1. The summed E-state index contributed by atoms with van der Waals surface area (Å²) in [5.41, 5.74) is 13.9. The van der Waals surface area contributed by atoms with E-state index in [1.54, 1.807) is 80.9 Å². The smallest absolute Gasteiger partial charge is 0.326 e. The van der Waals surface area contributed by atoms with E-state index in [0.717, 1.165) is 17.4 Å². The molecule has 20 N–H and O–H groups in total. The Hall–Kier alpha value is -9.70. The molecule has 0 bridgehead atoms. The number of carbonyl (C=O) groups excluding carboxylic acids is 11. The van der Waals surface area contributed by atoms with Gasteiger partial charge in [-0.15, -0.1) is 0 Å². The Morgan fingerprint density at radius 1 is 0.598 bits per heavy atom. The van der Waals surface area contributed by atoms with Gasteiger partial charge in [-0.2, -0.15) is 11.8 Å². The summed E-state index contributed by atoms with van der Waals surface area (Å²) in [6.45, 7) is 2.30. The van der Waals surface area contributed by atoms with Crippen molar-refractivity contribution in [1.29, 1.82) is 0 Å². The number of aromatic nitrogens is 1. The number of thioether (sulfide) groups is 1. The zero-order chi connectivity index (χ0) is 71.6. The van der Waals surface area contributed by atoms with E-state index in [0.29, 0.717) is 22.0 Å². The molecule has 1 aliphatic rings. The number of aromatic amines is 1. The molecule has 0 saturated carbocycles. The number of aliphatic hydroxyl groups is 3. The molecule has 1 aliphatic heterocycles. The first-order valence-corrected chi connectivity index (χ1v) is 32.7. The van der Waals surface area contributed by atoms with Crippen LogP contribution >= 0.6 is 11.8 Å². The summed E-state index contributed by atoms with van der Waals surface area (Å²) in [6, 6.07) is 3.86. The molecule has 0 aliphatic carbocycles. The van der Waals surface area contributed by atoms with E-state index in [1.807, 2.05) is 0 Å². The molecule has 2 heterocycles. The zero-order valence-corrected chi connectivity index (χ0v) is 54.8. The number of rotatable bonds is 39. The van der Waals surface area contributed by atoms with Gasteiger partial charge in [-0.05, 0) is 98.3 Å². The Bertz CT molecular complexity index is 3410. The van der Waals surface area contributed by atoms with Crippen LogP contribution in [0, 0.1) is 5.92 Å². The van der Waals surface area contributed by atoms with Crippen molar-refractivity contribution in [3.8, 4) is 5.75 Å². The van der Waals surface area contributed by atoms with Gasteiger partial charge in [0.2, 0.25) is 65.0 Å². The lowest BCUT2D eigenvalue weighted by molar-refractivity contribution is -0.144. The van der Waals surface area contributed by atoms with Gasteiger partial charge in [0.15, 0.2) is 0 Å². The summed E-state index contributed by atoms with van der Waals surface area (Å²) in [7, 11) is 0. The second-order valence-electron chi connectivity index (χ2n) is 23.9. The molecular weight excluding hydrogens is 1290 g/mol. The molecular formula is C64H87N13O19S. The lowest BCUT2D eigenvalue weighted by Gasteiger charge is -2.30. The summed E-state index contributed by atoms with van der Waals surface area (Å²) in [5.74, 6) is -14.4. The molecule has 5 rings (SSSR count). The van der Waals surface area contributed by atoms with Gasteiger partial charge >= 0.3 is 11.9 Å². The Morgan fingerprint density at radius 3 is 1.72 bits per heavy atom. The average molecular weight is 1370 g/mol. The van der Waals surface area contributed by atoms with Crippen LogP contribution in [0.5, 0.6) is 5.75 Å². The molecule has 1 fully saturated rings. The van der Waals surface area contributed by atoms with Crippen molar-refractivity contribution in [2.75, 3.05) is 31.8 Å².